The maximum Gasteiger partial charge on any atom is 0.472 e. The van der Waals surface area contributed by atoms with Crippen molar-refractivity contribution < 1.29 is 45.8 Å². The first-order valence-corrected chi connectivity index (χ1v) is 22.2. The van der Waals surface area contributed by atoms with Crippen LogP contribution in [0.4, 0.5) is 10.1 Å². The molecule has 4 aromatic rings. The van der Waals surface area contributed by atoms with E-state index in [1.165, 1.54) is 24.3 Å². The standard InChI is InChI=1S/C42H53FN5O10PS/c1-30(2)27-47(60(55,56)36-21-13-20-35(24-36)48(51)52)28-38(58-59(53,54)57-29-32-16-10-7-11-17-32)37(23-31-14-8-6-9-15-31)45-41(50)40(42(3,4)5)46-39(49)26-44-25-33-18-12-19-34(43)22-33/h6-22,24,30,37-38,40,44H,23,25-29H2,1-5H3,(H,45,50)(H,46,49)(H,53,54)/t37-,38+,40+/m0/s1. The summed E-state index contributed by atoms with van der Waals surface area (Å²) in [5.74, 6) is -1.99. The molecule has 0 aliphatic rings. The van der Waals surface area contributed by atoms with E-state index >= 15 is 0 Å². The summed E-state index contributed by atoms with van der Waals surface area (Å²) < 4.78 is 68.5. The molecule has 0 aliphatic carbocycles. The number of rotatable bonds is 22. The van der Waals surface area contributed by atoms with Gasteiger partial charge in [-0.1, -0.05) is 113 Å². The zero-order valence-corrected chi connectivity index (χ0v) is 35.9. The zero-order valence-electron chi connectivity index (χ0n) is 34.2. The van der Waals surface area contributed by atoms with Gasteiger partial charge >= 0.3 is 7.82 Å². The fraction of sp³-hybridized carbons (Fsp3) is 0.381. The molecule has 0 aromatic heterocycles. The highest BCUT2D eigenvalue weighted by atomic mass is 32.2. The number of carbonyl (C=O) groups is 2. The van der Waals surface area contributed by atoms with Gasteiger partial charge in [0, 0.05) is 31.8 Å². The van der Waals surface area contributed by atoms with E-state index in [2.05, 4.69) is 16.0 Å². The topological polar surface area (TPSA) is 207 Å². The van der Waals surface area contributed by atoms with Crippen LogP contribution in [-0.4, -0.2) is 72.2 Å². The number of hydrogen-bond acceptors (Lipinski definition) is 10. The molecule has 0 radical (unpaired) electrons. The Labute approximate surface area is 350 Å². The summed E-state index contributed by atoms with van der Waals surface area (Å²) in [6.45, 7) is 7.53. The highest BCUT2D eigenvalue weighted by Gasteiger charge is 2.40. The molecule has 0 saturated heterocycles. The number of amides is 2. The molecule has 0 heterocycles. The number of halogens is 1. The third kappa shape index (κ3) is 15.0. The van der Waals surface area contributed by atoms with E-state index in [1.54, 1.807) is 107 Å². The van der Waals surface area contributed by atoms with Crippen molar-refractivity contribution in [1.82, 2.24) is 20.3 Å². The maximum atomic E-state index is 14.4. The van der Waals surface area contributed by atoms with Gasteiger partial charge in [0.1, 0.15) is 18.0 Å². The highest BCUT2D eigenvalue weighted by molar-refractivity contribution is 7.89. The predicted octanol–water partition coefficient (Wildman–Crippen LogP) is 6.13. The first kappa shape index (κ1) is 47.8. The van der Waals surface area contributed by atoms with E-state index in [1.807, 2.05) is 0 Å². The molecule has 2 amide bonds. The van der Waals surface area contributed by atoms with Gasteiger partial charge in [-0.2, -0.15) is 4.31 Å². The Balaban J connectivity index is 1.72. The lowest BCUT2D eigenvalue weighted by Crippen LogP contribution is -2.59. The number of nitro benzene ring substituents is 1. The van der Waals surface area contributed by atoms with E-state index in [9.17, 15) is 42.0 Å². The Hall–Kier alpha value is -4.87. The normalized spacial score (nSPS) is 14.6. The fourth-order valence-electron chi connectivity index (χ4n) is 6.22. The quantitative estimate of drug-likeness (QED) is 0.0402. The second kappa shape index (κ2) is 21.6. The van der Waals surface area contributed by atoms with Crippen LogP contribution >= 0.6 is 7.82 Å². The SMILES string of the molecule is CC(C)CN(C[C@@H](OP(=O)(O)OCc1ccccc1)[C@H](Cc1ccccc1)NC(=O)[C@@H](NC(=O)CNCc1cccc(F)c1)C(C)(C)C)S(=O)(=O)c1cccc([N+](=O)[O-])c1. The molecular weight excluding hydrogens is 817 g/mol. The Morgan fingerprint density at radius 3 is 2.10 bits per heavy atom. The summed E-state index contributed by atoms with van der Waals surface area (Å²) in [4.78, 5) is 49.4. The van der Waals surface area contributed by atoms with Gasteiger partial charge in [-0.3, -0.25) is 28.8 Å². The monoisotopic (exact) mass is 869 g/mol. The van der Waals surface area contributed by atoms with Crippen molar-refractivity contribution >= 4 is 35.3 Å². The second-order valence-corrected chi connectivity index (χ2v) is 19.1. The minimum absolute atomic E-state index is 0.0394. The molecule has 15 nitrogen and oxygen atoms in total. The van der Waals surface area contributed by atoms with Crippen LogP contribution in [0, 0.1) is 27.3 Å². The number of nitro groups is 1. The van der Waals surface area contributed by atoms with Crippen molar-refractivity contribution in [2.24, 2.45) is 11.3 Å². The van der Waals surface area contributed by atoms with Crippen molar-refractivity contribution in [3.8, 4) is 0 Å². The number of carbonyl (C=O) groups excluding carboxylic acids is 2. The Kier molecular flexibility index (Phi) is 17.2. The van der Waals surface area contributed by atoms with Crippen LogP contribution in [0.2, 0.25) is 0 Å². The molecule has 324 valence electrons. The number of benzene rings is 4. The lowest BCUT2D eigenvalue weighted by atomic mass is 9.85. The molecule has 0 bridgehead atoms. The number of phosphoric acid groups is 1. The summed E-state index contributed by atoms with van der Waals surface area (Å²) >= 11 is 0. The predicted molar refractivity (Wildman–Crippen MR) is 224 cm³/mol. The third-order valence-corrected chi connectivity index (χ3v) is 12.0. The summed E-state index contributed by atoms with van der Waals surface area (Å²) in [5, 5.41) is 20.2. The van der Waals surface area contributed by atoms with E-state index < -0.39 is 81.1 Å². The summed E-state index contributed by atoms with van der Waals surface area (Å²) in [7, 11) is -9.58. The van der Waals surface area contributed by atoms with Gasteiger partial charge in [0.25, 0.3) is 5.69 Å². The number of hydrogen-bond donors (Lipinski definition) is 4. The van der Waals surface area contributed by atoms with Crippen molar-refractivity contribution in [3.05, 3.63) is 142 Å². The molecular formula is C42H53FN5O10PS. The van der Waals surface area contributed by atoms with Gasteiger partial charge in [-0.25, -0.2) is 17.4 Å². The van der Waals surface area contributed by atoms with E-state index in [0.29, 0.717) is 16.7 Å². The minimum atomic E-state index is -5.04. The molecule has 4 rings (SSSR count). The molecule has 4 aromatic carbocycles. The zero-order chi connectivity index (χ0) is 44.1. The first-order chi connectivity index (χ1) is 28.2. The largest absolute Gasteiger partial charge is 0.472 e. The van der Waals surface area contributed by atoms with Gasteiger partial charge in [-0.15, -0.1) is 0 Å². The fourth-order valence-corrected chi connectivity index (χ4v) is 8.80. The number of non-ortho nitro benzene ring substituents is 1. The molecule has 60 heavy (non-hydrogen) atoms. The second-order valence-electron chi connectivity index (χ2n) is 15.7. The third-order valence-electron chi connectivity index (χ3n) is 9.14. The molecule has 0 fully saturated rings. The summed E-state index contributed by atoms with van der Waals surface area (Å²) in [6.07, 6.45) is -1.63. The van der Waals surface area contributed by atoms with Crippen molar-refractivity contribution in [2.45, 2.75) is 77.3 Å². The van der Waals surface area contributed by atoms with Crippen LogP contribution in [-0.2, 0) is 52.8 Å². The summed E-state index contributed by atoms with van der Waals surface area (Å²) in [6, 6.07) is 25.3. The molecule has 4 atom stereocenters. The lowest BCUT2D eigenvalue weighted by molar-refractivity contribution is -0.385. The van der Waals surface area contributed by atoms with Gasteiger partial charge < -0.3 is 20.8 Å². The smallest absolute Gasteiger partial charge is 0.349 e. The Morgan fingerprint density at radius 1 is 0.883 bits per heavy atom. The molecule has 1 unspecified atom stereocenters. The van der Waals surface area contributed by atoms with Gasteiger partial charge in [0.15, 0.2) is 0 Å². The minimum Gasteiger partial charge on any atom is -0.349 e. The average Bonchev–Trinajstić information content (AvgIpc) is 3.18. The molecule has 0 spiro atoms. The lowest BCUT2D eigenvalue weighted by Gasteiger charge is -2.36. The van der Waals surface area contributed by atoms with Crippen LogP contribution < -0.4 is 16.0 Å². The molecule has 4 N–H and O–H groups in total. The van der Waals surface area contributed by atoms with Crippen molar-refractivity contribution in [1.29, 1.82) is 0 Å². The van der Waals surface area contributed by atoms with Gasteiger partial charge in [0.05, 0.1) is 29.0 Å². The van der Waals surface area contributed by atoms with Crippen molar-refractivity contribution in [2.75, 3.05) is 19.6 Å². The molecule has 0 saturated carbocycles. The van der Waals surface area contributed by atoms with Crippen LogP contribution in [0.5, 0.6) is 0 Å². The highest BCUT2D eigenvalue weighted by Crippen LogP contribution is 2.46. The number of phosphoric ester groups is 1. The first-order valence-electron chi connectivity index (χ1n) is 19.3. The summed E-state index contributed by atoms with van der Waals surface area (Å²) in [5.41, 5.74) is 0.441. The number of nitrogens with one attached hydrogen (secondary N) is 3. The molecule has 0 aliphatic heterocycles. The maximum absolute atomic E-state index is 14.4. The molecule has 18 heteroatoms. The van der Waals surface area contributed by atoms with Crippen LogP contribution in [0.25, 0.3) is 0 Å². The van der Waals surface area contributed by atoms with E-state index in [-0.39, 0.29) is 38.6 Å². The van der Waals surface area contributed by atoms with E-state index in [4.69, 9.17) is 9.05 Å². The Bertz CT molecular complexity index is 2210. The van der Waals surface area contributed by atoms with Gasteiger partial charge in [0.2, 0.25) is 21.8 Å². The van der Waals surface area contributed by atoms with Crippen LogP contribution in [0.1, 0.15) is 51.3 Å². The van der Waals surface area contributed by atoms with Crippen molar-refractivity contribution in [3.63, 3.8) is 0 Å². The van der Waals surface area contributed by atoms with Gasteiger partial charge in [-0.05, 0) is 52.6 Å². The average molecular weight is 870 g/mol. The number of nitrogens with zero attached hydrogens (tertiary/aromatic N) is 2. The number of sulfonamides is 1. The van der Waals surface area contributed by atoms with E-state index in [0.717, 1.165) is 16.4 Å². The Morgan fingerprint density at radius 2 is 1.50 bits per heavy atom. The van der Waals surface area contributed by atoms with Crippen LogP contribution in [0.15, 0.2) is 114 Å². The van der Waals surface area contributed by atoms with Crippen LogP contribution in [0.3, 0.4) is 0 Å².